The minimum atomic E-state index is -0.310. The molecule has 0 saturated heterocycles. The summed E-state index contributed by atoms with van der Waals surface area (Å²) < 4.78 is 0. The molecule has 0 spiro atoms. The van der Waals surface area contributed by atoms with Gasteiger partial charge < -0.3 is 10.6 Å². The van der Waals surface area contributed by atoms with Crippen LogP contribution >= 0.6 is 0 Å². The highest BCUT2D eigenvalue weighted by Gasteiger charge is 2.29. The van der Waals surface area contributed by atoms with Gasteiger partial charge in [0.1, 0.15) is 0 Å². The number of nitrogens with zero attached hydrogens (tertiary/aromatic N) is 2. The molecule has 2 aromatic carbocycles. The first-order valence-corrected chi connectivity index (χ1v) is 9.01. The van der Waals surface area contributed by atoms with Crippen molar-refractivity contribution in [3.8, 4) is 0 Å². The minimum Gasteiger partial charge on any atom is -0.338 e. The van der Waals surface area contributed by atoms with Crippen molar-refractivity contribution in [1.29, 1.82) is 0 Å². The first-order chi connectivity index (χ1) is 13.1. The maximum Gasteiger partial charge on any atom is 0.319 e. The Hall–Kier alpha value is -3.12. The molecule has 1 aliphatic rings. The van der Waals surface area contributed by atoms with E-state index in [0.717, 1.165) is 11.3 Å². The van der Waals surface area contributed by atoms with Crippen molar-refractivity contribution < 1.29 is 9.59 Å². The van der Waals surface area contributed by atoms with E-state index in [4.69, 9.17) is 0 Å². The number of carbonyl (C=O) groups is 2. The van der Waals surface area contributed by atoms with Crippen LogP contribution in [-0.4, -0.2) is 36.5 Å². The van der Waals surface area contributed by atoms with Crippen LogP contribution in [0.25, 0.3) is 0 Å². The third-order valence-electron chi connectivity index (χ3n) is 4.47. The lowest BCUT2D eigenvalue weighted by atomic mass is 10.00. The molecule has 27 heavy (non-hydrogen) atoms. The second-order valence-corrected chi connectivity index (χ2v) is 6.38. The van der Waals surface area contributed by atoms with Crippen molar-refractivity contribution in [3.05, 3.63) is 72.4 Å². The molecule has 1 unspecified atom stereocenters. The molecule has 2 aromatic rings. The van der Waals surface area contributed by atoms with E-state index in [1.807, 2.05) is 78.6 Å². The van der Waals surface area contributed by atoms with E-state index in [-0.39, 0.29) is 17.9 Å². The van der Waals surface area contributed by atoms with Gasteiger partial charge in [-0.3, -0.25) is 9.80 Å². The van der Waals surface area contributed by atoms with E-state index in [9.17, 15) is 9.59 Å². The van der Waals surface area contributed by atoms with Crippen LogP contribution in [0.3, 0.4) is 0 Å². The number of urea groups is 1. The van der Waals surface area contributed by atoms with Gasteiger partial charge in [0, 0.05) is 31.6 Å². The number of ketones is 1. The fraction of sp³-hybridized carbons (Fsp3) is 0.238. The maximum absolute atomic E-state index is 12.5. The average molecular weight is 364 g/mol. The van der Waals surface area contributed by atoms with Gasteiger partial charge in [-0.05, 0) is 43.2 Å². The van der Waals surface area contributed by atoms with E-state index in [0.29, 0.717) is 18.7 Å². The zero-order valence-electron chi connectivity index (χ0n) is 15.6. The number of hydrogen-bond donors (Lipinski definition) is 2. The number of amides is 2. The van der Waals surface area contributed by atoms with Crippen molar-refractivity contribution in [1.82, 2.24) is 10.3 Å². The first-order valence-electron chi connectivity index (χ1n) is 9.01. The Balaban J connectivity index is 1.75. The van der Waals surface area contributed by atoms with Gasteiger partial charge in [0.15, 0.2) is 5.78 Å². The number of nitrogens with one attached hydrogen (secondary N) is 2. The third kappa shape index (κ3) is 4.54. The number of rotatable bonds is 5. The van der Waals surface area contributed by atoms with Crippen molar-refractivity contribution >= 4 is 23.2 Å². The van der Waals surface area contributed by atoms with Crippen molar-refractivity contribution in [2.45, 2.75) is 19.4 Å². The minimum absolute atomic E-state index is 0.0618. The first kappa shape index (κ1) is 18.7. The average Bonchev–Trinajstić information content (AvgIpc) is 2.66. The second kappa shape index (κ2) is 8.51. The molecule has 140 valence electrons. The summed E-state index contributed by atoms with van der Waals surface area (Å²) in [7, 11) is 1.91. The van der Waals surface area contributed by atoms with Crippen LogP contribution in [0, 0.1) is 0 Å². The van der Waals surface area contributed by atoms with E-state index in [1.54, 1.807) is 12.3 Å². The summed E-state index contributed by atoms with van der Waals surface area (Å²) in [6.45, 7) is 2.43. The summed E-state index contributed by atoms with van der Waals surface area (Å²) in [5.74, 6) is 0.0618. The molecule has 0 fully saturated rings. The summed E-state index contributed by atoms with van der Waals surface area (Å²) in [6, 6.07) is 17.0. The lowest BCUT2D eigenvalue weighted by Crippen LogP contribution is -2.51. The molecule has 0 aromatic heterocycles. The van der Waals surface area contributed by atoms with Crippen LogP contribution in [-0.2, 0) is 11.2 Å². The van der Waals surface area contributed by atoms with Gasteiger partial charge >= 0.3 is 6.03 Å². The van der Waals surface area contributed by atoms with Gasteiger partial charge in [-0.2, -0.15) is 0 Å². The molecule has 1 heterocycles. The highest BCUT2D eigenvalue weighted by molar-refractivity contribution is 5.96. The Morgan fingerprint density at radius 1 is 1.11 bits per heavy atom. The summed E-state index contributed by atoms with van der Waals surface area (Å²) in [5.41, 5.74) is 2.69. The summed E-state index contributed by atoms with van der Waals surface area (Å²) in [4.78, 5) is 24.2. The van der Waals surface area contributed by atoms with E-state index >= 15 is 0 Å². The quantitative estimate of drug-likeness (QED) is 0.855. The van der Waals surface area contributed by atoms with Gasteiger partial charge in [-0.1, -0.05) is 30.3 Å². The topological polar surface area (TPSA) is 64.7 Å². The Kier molecular flexibility index (Phi) is 5.88. The molecule has 2 N–H and O–H groups in total. The van der Waals surface area contributed by atoms with Crippen LogP contribution in [0.5, 0.6) is 0 Å². The highest BCUT2D eigenvalue weighted by atomic mass is 16.2. The summed E-state index contributed by atoms with van der Waals surface area (Å²) in [6.07, 6.45) is 3.96. The Labute approximate surface area is 159 Å². The maximum atomic E-state index is 12.5. The lowest BCUT2D eigenvalue weighted by Gasteiger charge is -2.38. The third-order valence-corrected chi connectivity index (χ3v) is 4.47. The van der Waals surface area contributed by atoms with Crippen LogP contribution in [0.2, 0.25) is 0 Å². The highest BCUT2D eigenvalue weighted by Crippen LogP contribution is 2.23. The Bertz CT molecular complexity index is 835. The number of carbonyl (C=O) groups excluding carboxylic acids is 2. The molecule has 6 heteroatoms. The Morgan fingerprint density at radius 3 is 2.63 bits per heavy atom. The largest absolute Gasteiger partial charge is 0.338 e. The van der Waals surface area contributed by atoms with E-state index in [1.165, 1.54) is 0 Å². The number of hydrazine groups is 1. The predicted molar refractivity (Wildman–Crippen MR) is 107 cm³/mol. The fourth-order valence-corrected chi connectivity index (χ4v) is 3.11. The molecule has 0 aliphatic carbocycles. The predicted octanol–water partition coefficient (Wildman–Crippen LogP) is 3.19. The van der Waals surface area contributed by atoms with Crippen molar-refractivity contribution in [2.75, 3.05) is 23.9 Å². The van der Waals surface area contributed by atoms with Crippen molar-refractivity contribution in [3.63, 3.8) is 0 Å². The smallest absolute Gasteiger partial charge is 0.319 e. The molecule has 0 saturated carbocycles. The van der Waals surface area contributed by atoms with Crippen LogP contribution in [0.15, 0.2) is 66.9 Å². The van der Waals surface area contributed by atoms with Crippen LogP contribution in [0.1, 0.15) is 12.5 Å². The van der Waals surface area contributed by atoms with Gasteiger partial charge in [-0.15, -0.1) is 0 Å². The molecule has 2 amide bonds. The SMILES string of the molecule is CCNC(=O)Nc1cccc(CC2C(=O)C=CN(c3ccccc3)N2C)c1. The summed E-state index contributed by atoms with van der Waals surface area (Å²) >= 11 is 0. The zero-order valence-corrected chi connectivity index (χ0v) is 15.6. The fourth-order valence-electron chi connectivity index (χ4n) is 3.11. The number of hydrogen-bond acceptors (Lipinski definition) is 4. The number of likely N-dealkylation sites (N-methyl/N-ethyl adjacent to an activating group) is 1. The summed E-state index contributed by atoms with van der Waals surface area (Å²) in [5, 5.41) is 9.43. The number of anilines is 2. The molecular formula is C21H24N4O2. The zero-order chi connectivity index (χ0) is 19.2. The Morgan fingerprint density at radius 2 is 1.89 bits per heavy atom. The molecule has 1 atom stereocenters. The van der Waals surface area contributed by atoms with E-state index in [2.05, 4.69) is 10.6 Å². The van der Waals surface area contributed by atoms with Crippen LogP contribution in [0.4, 0.5) is 16.2 Å². The van der Waals surface area contributed by atoms with E-state index < -0.39 is 0 Å². The van der Waals surface area contributed by atoms with Crippen molar-refractivity contribution in [2.24, 2.45) is 0 Å². The van der Waals surface area contributed by atoms with Gasteiger partial charge in [-0.25, -0.2) is 9.80 Å². The molecule has 0 radical (unpaired) electrons. The monoisotopic (exact) mass is 364 g/mol. The molecule has 6 nitrogen and oxygen atoms in total. The van der Waals surface area contributed by atoms with Crippen LogP contribution < -0.4 is 15.6 Å². The number of para-hydroxylation sites is 1. The van der Waals surface area contributed by atoms with Gasteiger partial charge in [0.05, 0.1) is 11.7 Å². The second-order valence-electron chi connectivity index (χ2n) is 6.38. The van der Waals surface area contributed by atoms with Gasteiger partial charge in [0.2, 0.25) is 0 Å². The number of benzene rings is 2. The molecular weight excluding hydrogens is 340 g/mol. The molecule has 1 aliphatic heterocycles. The standard InChI is InChI=1S/C21H24N4O2/c1-3-22-21(27)23-17-9-7-8-16(14-17)15-19-20(26)12-13-25(24(19)2)18-10-5-4-6-11-18/h4-14,19H,3,15H2,1-2H3,(H2,22,23,27). The molecule has 3 rings (SSSR count). The lowest BCUT2D eigenvalue weighted by molar-refractivity contribution is -0.119. The molecule has 0 bridgehead atoms. The normalized spacial score (nSPS) is 17.0. The van der Waals surface area contributed by atoms with Gasteiger partial charge in [0.25, 0.3) is 0 Å².